The summed E-state index contributed by atoms with van der Waals surface area (Å²) in [5.41, 5.74) is 1.67. The van der Waals surface area contributed by atoms with Crippen LogP contribution in [0.25, 0.3) is 5.65 Å². The average Bonchev–Trinajstić information content (AvgIpc) is 2.31. The molecule has 0 saturated heterocycles. The third kappa shape index (κ3) is 1.19. The highest BCUT2D eigenvalue weighted by atomic mass is 127. The van der Waals surface area contributed by atoms with E-state index in [4.69, 9.17) is 11.6 Å². The fraction of sp³-hybridized carbons (Fsp3) is 0.143. The number of aromatic nitrogens is 3. The molecule has 12 heavy (non-hydrogen) atoms. The lowest BCUT2D eigenvalue weighted by atomic mass is 10.5. The van der Waals surface area contributed by atoms with E-state index in [1.165, 1.54) is 0 Å². The van der Waals surface area contributed by atoms with E-state index in [1.54, 1.807) is 4.52 Å². The molecule has 0 amide bonds. The molecular weight excluding hydrogens is 288 g/mol. The van der Waals surface area contributed by atoms with E-state index in [1.807, 2.05) is 19.1 Å². The van der Waals surface area contributed by atoms with Crippen molar-refractivity contribution in [1.82, 2.24) is 14.6 Å². The molecule has 0 aromatic carbocycles. The minimum atomic E-state index is 0.518. The number of imidazole rings is 1. The van der Waals surface area contributed by atoms with Gasteiger partial charge in [-0.15, -0.1) is 0 Å². The van der Waals surface area contributed by atoms with Crippen LogP contribution in [0.4, 0.5) is 0 Å². The minimum absolute atomic E-state index is 0.518. The molecule has 2 rings (SSSR count). The van der Waals surface area contributed by atoms with Gasteiger partial charge in [0.1, 0.15) is 3.70 Å². The lowest BCUT2D eigenvalue weighted by Crippen LogP contribution is -1.95. The monoisotopic (exact) mass is 293 g/mol. The van der Waals surface area contributed by atoms with Gasteiger partial charge in [0.15, 0.2) is 10.8 Å². The molecule has 0 atom stereocenters. The van der Waals surface area contributed by atoms with Crippen LogP contribution in [0.3, 0.4) is 0 Å². The van der Waals surface area contributed by atoms with Crippen LogP contribution in [0.5, 0.6) is 0 Å². The van der Waals surface area contributed by atoms with Crippen molar-refractivity contribution in [1.29, 1.82) is 0 Å². The van der Waals surface area contributed by atoms with Gasteiger partial charge in [-0.1, -0.05) is 11.6 Å². The summed E-state index contributed by atoms with van der Waals surface area (Å²) in [6, 6.07) is 3.80. The maximum absolute atomic E-state index is 5.83. The van der Waals surface area contributed by atoms with Gasteiger partial charge >= 0.3 is 0 Å². The molecule has 2 aromatic heterocycles. The molecule has 0 radical (unpaired) electrons. The van der Waals surface area contributed by atoms with Crippen LogP contribution >= 0.6 is 34.2 Å². The second-order valence-electron chi connectivity index (χ2n) is 2.41. The number of rotatable bonds is 0. The van der Waals surface area contributed by atoms with E-state index in [9.17, 15) is 0 Å². The predicted molar refractivity (Wildman–Crippen MR) is 55.5 cm³/mol. The van der Waals surface area contributed by atoms with Crippen molar-refractivity contribution in [3.63, 3.8) is 0 Å². The molecule has 0 aliphatic heterocycles. The average molecular weight is 293 g/mol. The first-order valence-electron chi connectivity index (χ1n) is 3.36. The molecule has 0 unspecified atom stereocenters. The van der Waals surface area contributed by atoms with Crippen molar-refractivity contribution in [3.05, 3.63) is 26.7 Å². The molecule has 0 N–H and O–H groups in total. The predicted octanol–water partition coefficient (Wildman–Crippen LogP) is 2.30. The molecule has 0 aliphatic carbocycles. The zero-order valence-corrected chi connectivity index (χ0v) is 9.17. The first kappa shape index (κ1) is 8.25. The van der Waals surface area contributed by atoms with E-state index in [0.717, 1.165) is 15.0 Å². The van der Waals surface area contributed by atoms with Gasteiger partial charge in [0.05, 0.1) is 5.69 Å². The lowest BCUT2D eigenvalue weighted by molar-refractivity contribution is 0.881. The largest absolute Gasteiger partial charge is 0.216 e. The summed E-state index contributed by atoms with van der Waals surface area (Å²) in [4.78, 5) is 4.12. The number of aryl methyl sites for hydroxylation is 1. The summed E-state index contributed by atoms with van der Waals surface area (Å²) in [5.74, 6) is 0. The highest BCUT2D eigenvalue weighted by Crippen LogP contribution is 2.15. The molecule has 62 valence electrons. The molecule has 0 saturated carbocycles. The fourth-order valence-corrected chi connectivity index (χ4v) is 1.56. The minimum Gasteiger partial charge on any atom is -0.216 e. The Labute approximate surface area is 87.9 Å². The van der Waals surface area contributed by atoms with Crippen LogP contribution in [-0.4, -0.2) is 14.6 Å². The molecule has 5 heteroatoms. The van der Waals surface area contributed by atoms with E-state index in [0.29, 0.717) is 5.15 Å². The Balaban J connectivity index is 2.88. The van der Waals surface area contributed by atoms with Crippen molar-refractivity contribution >= 4 is 39.8 Å². The summed E-state index contributed by atoms with van der Waals surface area (Å²) in [7, 11) is 0. The van der Waals surface area contributed by atoms with E-state index >= 15 is 0 Å². The SMILES string of the molecule is Cc1c(Cl)nc2ccc(I)nn12. The van der Waals surface area contributed by atoms with Gasteiger partial charge in [0.2, 0.25) is 0 Å². The first-order valence-corrected chi connectivity index (χ1v) is 4.81. The summed E-state index contributed by atoms with van der Waals surface area (Å²) in [6.45, 7) is 1.89. The highest BCUT2D eigenvalue weighted by molar-refractivity contribution is 14.1. The molecular formula is C7H5ClIN3. The second kappa shape index (κ2) is 2.85. The molecule has 2 aromatic rings. The van der Waals surface area contributed by atoms with Gasteiger partial charge < -0.3 is 0 Å². The van der Waals surface area contributed by atoms with Gasteiger partial charge in [-0.25, -0.2) is 9.50 Å². The van der Waals surface area contributed by atoms with Crippen LogP contribution in [0.15, 0.2) is 12.1 Å². The maximum Gasteiger partial charge on any atom is 0.155 e. The van der Waals surface area contributed by atoms with Crippen molar-refractivity contribution in [2.45, 2.75) is 6.92 Å². The molecule has 0 bridgehead atoms. The highest BCUT2D eigenvalue weighted by Gasteiger charge is 2.05. The van der Waals surface area contributed by atoms with Crippen molar-refractivity contribution in [2.24, 2.45) is 0 Å². The van der Waals surface area contributed by atoms with Crippen molar-refractivity contribution in [2.75, 3.05) is 0 Å². The van der Waals surface area contributed by atoms with Crippen molar-refractivity contribution in [3.8, 4) is 0 Å². The van der Waals surface area contributed by atoms with Crippen LogP contribution in [0.2, 0.25) is 5.15 Å². The third-order valence-electron chi connectivity index (χ3n) is 1.61. The number of hydrogen-bond donors (Lipinski definition) is 0. The topological polar surface area (TPSA) is 30.2 Å². The van der Waals surface area contributed by atoms with E-state index in [-0.39, 0.29) is 0 Å². The number of fused-ring (bicyclic) bond motifs is 1. The van der Waals surface area contributed by atoms with Gasteiger partial charge in [0.25, 0.3) is 0 Å². The summed E-state index contributed by atoms with van der Waals surface area (Å²) in [6.07, 6.45) is 0. The zero-order valence-electron chi connectivity index (χ0n) is 6.25. The Hall–Kier alpha value is -0.360. The molecule has 0 spiro atoms. The lowest BCUT2D eigenvalue weighted by Gasteiger charge is -1.94. The van der Waals surface area contributed by atoms with Crippen molar-refractivity contribution < 1.29 is 0 Å². The van der Waals surface area contributed by atoms with Crippen LogP contribution in [0.1, 0.15) is 5.69 Å². The summed E-state index contributed by atoms with van der Waals surface area (Å²) < 4.78 is 2.67. The molecule has 3 nitrogen and oxygen atoms in total. The number of nitrogens with zero attached hydrogens (tertiary/aromatic N) is 3. The maximum atomic E-state index is 5.83. The zero-order chi connectivity index (χ0) is 8.72. The normalized spacial score (nSPS) is 10.9. The van der Waals surface area contributed by atoms with Gasteiger partial charge in [-0.3, -0.25) is 0 Å². The second-order valence-corrected chi connectivity index (χ2v) is 3.88. The van der Waals surface area contributed by atoms with Crippen LogP contribution < -0.4 is 0 Å². The first-order chi connectivity index (χ1) is 5.68. The van der Waals surface area contributed by atoms with Crippen LogP contribution in [-0.2, 0) is 0 Å². The fourth-order valence-electron chi connectivity index (χ4n) is 0.994. The van der Waals surface area contributed by atoms with E-state index in [2.05, 4.69) is 32.7 Å². The van der Waals surface area contributed by atoms with Gasteiger partial charge in [0, 0.05) is 0 Å². The van der Waals surface area contributed by atoms with Gasteiger partial charge in [-0.2, -0.15) is 5.10 Å². The smallest absolute Gasteiger partial charge is 0.155 e. The molecule has 2 heterocycles. The standard InChI is InChI=1S/C7H5ClIN3/c1-4-7(8)10-6-3-2-5(9)11-12(4)6/h2-3H,1H3. The van der Waals surface area contributed by atoms with E-state index < -0.39 is 0 Å². The van der Waals surface area contributed by atoms with Crippen LogP contribution in [0, 0.1) is 10.6 Å². The Bertz CT molecular complexity index is 437. The molecule has 0 fully saturated rings. The Kier molecular flexibility index (Phi) is 1.96. The Morgan fingerprint density at radius 2 is 2.25 bits per heavy atom. The van der Waals surface area contributed by atoms with Gasteiger partial charge in [-0.05, 0) is 41.6 Å². The number of halogens is 2. The Morgan fingerprint density at radius 1 is 1.50 bits per heavy atom. The third-order valence-corrected chi connectivity index (χ3v) is 2.54. The molecule has 0 aliphatic rings. The number of hydrogen-bond acceptors (Lipinski definition) is 2. The summed E-state index contributed by atoms with van der Waals surface area (Å²) >= 11 is 7.98. The summed E-state index contributed by atoms with van der Waals surface area (Å²) in [5, 5.41) is 4.77. The Morgan fingerprint density at radius 3 is 3.00 bits per heavy atom. The quantitative estimate of drug-likeness (QED) is 0.698.